The minimum Gasteiger partial charge on any atom is -0.481 e. The first kappa shape index (κ1) is 13.5. The lowest BCUT2D eigenvalue weighted by Gasteiger charge is -2.15. The third-order valence-electron chi connectivity index (χ3n) is 2.71. The van der Waals surface area contributed by atoms with Crippen LogP contribution in [-0.2, 0) is 19.5 Å². The number of ether oxygens (including phenoxy) is 1. The van der Waals surface area contributed by atoms with E-state index in [1.807, 2.05) is 26.1 Å². The van der Waals surface area contributed by atoms with Crippen LogP contribution in [-0.4, -0.2) is 34.2 Å². The maximum atomic E-state index is 5.23. The fraction of sp³-hybridized carbons (Fsp3) is 0.462. The smallest absolute Gasteiger partial charge is 0.226 e. The van der Waals surface area contributed by atoms with Crippen LogP contribution in [0.3, 0.4) is 0 Å². The van der Waals surface area contributed by atoms with Crippen molar-refractivity contribution in [2.45, 2.75) is 26.4 Å². The van der Waals surface area contributed by atoms with E-state index in [9.17, 15) is 0 Å². The summed E-state index contributed by atoms with van der Waals surface area (Å²) in [6, 6.07) is 3.89. The monoisotopic (exact) mass is 262 g/mol. The van der Waals surface area contributed by atoms with Crippen LogP contribution in [0.2, 0.25) is 0 Å². The summed E-state index contributed by atoms with van der Waals surface area (Å²) in [6.07, 6.45) is 2.47. The molecule has 0 amide bonds. The first-order chi connectivity index (χ1) is 9.22. The number of hydrogen-bond acceptors (Lipinski definition) is 6. The van der Waals surface area contributed by atoms with Gasteiger partial charge in [0.1, 0.15) is 0 Å². The van der Waals surface area contributed by atoms with Crippen LogP contribution >= 0.6 is 0 Å². The maximum absolute atomic E-state index is 5.23. The zero-order chi connectivity index (χ0) is 13.7. The van der Waals surface area contributed by atoms with Gasteiger partial charge in [0.2, 0.25) is 11.8 Å². The summed E-state index contributed by atoms with van der Waals surface area (Å²) in [6.45, 7) is 3.33. The lowest BCUT2D eigenvalue weighted by Crippen LogP contribution is -2.18. The summed E-state index contributed by atoms with van der Waals surface area (Å²) in [4.78, 5) is 10.5. The minimum atomic E-state index is 0.627. The van der Waals surface area contributed by atoms with Gasteiger partial charge in [-0.05, 0) is 13.1 Å². The molecule has 2 aromatic rings. The molecule has 0 fully saturated rings. The van der Waals surface area contributed by atoms with Crippen LogP contribution in [0.4, 0.5) is 0 Å². The summed E-state index contributed by atoms with van der Waals surface area (Å²) in [7, 11) is 3.62. The Balaban J connectivity index is 1.98. The van der Waals surface area contributed by atoms with E-state index in [4.69, 9.17) is 9.26 Å². The Bertz CT molecular complexity index is 527. The lowest BCUT2D eigenvalue weighted by molar-refractivity contribution is 0.292. The van der Waals surface area contributed by atoms with Gasteiger partial charge < -0.3 is 9.26 Å². The van der Waals surface area contributed by atoms with E-state index in [1.54, 1.807) is 13.3 Å². The highest BCUT2D eigenvalue weighted by molar-refractivity contribution is 5.25. The van der Waals surface area contributed by atoms with Crippen LogP contribution in [0.15, 0.2) is 22.9 Å². The predicted octanol–water partition coefficient (Wildman–Crippen LogP) is 1.67. The number of hydrogen-bond donors (Lipinski definition) is 0. The minimum absolute atomic E-state index is 0.627. The van der Waals surface area contributed by atoms with Crippen LogP contribution in [0.25, 0.3) is 0 Å². The Morgan fingerprint density at radius 2 is 2.21 bits per heavy atom. The summed E-state index contributed by atoms with van der Waals surface area (Å²) in [5.74, 6) is 2.02. The quantitative estimate of drug-likeness (QED) is 0.789. The zero-order valence-electron chi connectivity index (χ0n) is 11.5. The molecule has 2 rings (SSSR count). The number of methoxy groups -OCH3 is 1. The molecule has 0 aliphatic rings. The van der Waals surface area contributed by atoms with E-state index in [0.29, 0.717) is 30.7 Å². The lowest BCUT2D eigenvalue weighted by atomic mass is 10.2. The molecular formula is C13H18N4O2. The van der Waals surface area contributed by atoms with Crippen molar-refractivity contribution in [1.29, 1.82) is 0 Å². The van der Waals surface area contributed by atoms with Crippen LogP contribution in [0.5, 0.6) is 5.88 Å². The molecule has 0 saturated carbocycles. The maximum Gasteiger partial charge on any atom is 0.226 e. The molecule has 0 N–H and O–H groups in total. The number of aryl methyl sites for hydroxylation is 1. The first-order valence-electron chi connectivity index (χ1n) is 6.20. The van der Waals surface area contributed by atoms with Crippen molar-refractivity contribution < 1.29 is 9.26 Å². The molecule has 0 radical (unpaired) electrons. The highest BCUT2D eigenvalue weighted by atomic mass is 16.5. The molecule has 0 aliphatic carbocycles. The molecule has 19 heavy (non-hydrogen) atoms. The Kier molecular flexibility index (Phi) is 4.46. The largest absolute Gasteiger partial charge is 0.481 e. The molecule has 2 heterocycles. The second-order valence-electron chi connectivity index (χ2n) is 4.30. The first-order valence-corrected chi connectivity index (χ1v) is 6.20. The van der Waals surface area contributed by atoms with E-state index in [2.05, 4.69) is 20.0 Å². The third-order valence-corrected chi connectivity index (χ3v) is 2.71. The van der Waals surface area contributed by atoms with Gasteiger partial charge in [-0.25, -0.2) is 4.98 Å². The number of aromatic nitrogens is 3. The Morgan fingerprint density at radius 1 is 1.37 bits per heavy atom. The SMILES string of the molecule is CCc1nc(CN(C)Cc2cccnc2OC)no1. The molecule has 0 atom stereocenters. The van der Waals surface area contributed by atoms with Crippen molar-refractivity contribution in [2.24, 2.45) is 0 Å². The van der Waals surface area contributed by atoms with Crippen molar-refractivity contribution in [2.75, 3.05) is 14.2 Å². The van der Waals surface area contributed by atoms with Gasteiger partial charge in [0.15, 0.2) is 5.82 Å². The van der Waals surface area contributed by atoms with Crippen LogP contribution < -0.4 is 4.74 Å². The second kappa shape index (κ2) is 6.29. The standard InChI is InChI=1S/C13H18N4O2/c1-4-12-15-11(16-19-12)9-17(2)8-10-6-5-7-14-13(10)18-3/h5-7H,4,8-9H2,1-3H3. The fourth-order valence-electron chi connectivity index (χ4n) is 1.81. The molecular weight excluding hydrogens is 244 g/mol. The topological polar surface area (TPSA) is 64.3 Å². The van der Waals surface area contributed by atoms with Crippen molar-refractivity contribution in [3.05, 3.63) is 35.6 Å². The zero-order valence-corrected chi connectivity index (χ0v) is 11.5. The number of pyridine rings is 1. The van der Waals surface area contributed by atoms with Gasteiger partial charge in [0.05, 0.1) is 13.7 Å². The molecule has 0 saturated heterocycles. The molecule has 0 bridgehead atoms. The van der Waals surface area contributed by atoms with Crippen molar-refractivity contribution in [3.8, 4) is 5.88 Å². The fourth-order valence-corrected chi connectivity index (χ4v) is 1.81. The van der Waals surface area contributed by atoms with E-state index in [1.165, 1.54) is 0 Å². The van der Waals surface area contributed by atoms with Gasteiger partial charge in [0, 0.05) is 24.7 Å². The van der Waals surface area contributed by atoms with Crippen molar-refractivity contribution in [1.82, 2.24) is 20.0 Å². The van der Waals surface area contributed by atoms with Gasteiger partial charge >= 0.3 is 0 Å². The Morgan fingerprint density at radius 3 is 2.89 bits per heavy atom. The van der Waals surface area contributed by atoms with Gasteiger partial charge in [-0.1, -0.05) is 18.1 Å². The van der Waals surface area contributed by atoms with E-state index in [0.717, 1.165) is 12.0 Å². The van der Waals surface area contributed by atoms with Crippen molar-refractivity contribution in [3.63, 3.8) is 0 Å². The predicted molar refractivity (Wildman–Crippen MR) is 69.6 cm³/mol. The van der Waals surface area contributed by atoms with Gasteiger partial charge in [-0.3, -0.25) is 4.90 Å². The molecule has 0 aromatic carbocycles. The number of nitrogens with zero attached hydrogens (tertiary/aromatic N) is 4. The van der Waals surface area contributed by atoms with Crippen LogP contribution in [0.1, 0.15) is 24.2 Å². The Hall–Kier alpha value is -1.95. The summed E-state index contributed by atoms with van der Waals surface area (Å²) in [5, 5.41) is 3.94. The highest BCUT2D eigenvalue weighted by Crippen LogP contribution is 2.16. The molecule has 2 aromatic heterocycles. The van der Waals surface area contributed by atoms with Crippen molar-refractivity contribution >= 4 is 0 Å². The van der Waals surface area contributed by atoms with Gasteiger partial charge in [0.25, 0.3) is 0 Å². The molecule has 0 unspecified atom stereocenters. The summed E-state index contributed by atoms with van der Waals surface area (Å²) in [5.41, 5.74) is 1.03. The molecule has 0 aliphatic heterocycles. The normalized spacial score (nSPS) is 10.9. The average molecular weight is 262 g/mol. The molecule has 6 nitrogen and oxygen atoms in total. The highest BCUT2D eigenvalue weighted by Gasteiger charge is 2.10. The van der Waals surface area contributed by atoms with E-state index < -0.39 is 0 Å². The van der Waals surface area contributed by atoms with Gasteiger partial charge in [-0.15, -0.1) is 0 Å². The van der Waals surface area contributed by atoms with Gasteiger partial charge in [-0.2, -0.15) is 4.98 Å². The van der Waals surface area contributed by atoms with E-state index >= 15 is 0 Å². The molecule has 102 valence electrons. The average Bonchev–Trinajstić information content (AvgIpc) is 2.87. The Labute approximate surface area is 112 Å². The molecule has 0 spiro atoms. The van der Waals surface area contributed by atoms with E-state index in [-0.39, 0.29) is 0 Å². The molecule has 6 heteroatoms. The van der Waals surface area contributed by atoms with Crippen LogP contribution in [0, 0.1) is 0 Å². The second-order valence-corrected chi connectivity index (χ2v) is 4.30. The third kappa shape index (κ3) is 3.51. The summed E-state index contributed by atoms with van der Waals surface area (Å²) < 4.78 is 10.3. The number of rotatable bonds is 6. The summed E-state index contributed by atoms with van der Waals surface area (Å²) >= 11 is 0.